The van der Waals surface area contributed by atoms with Crippen molar-refractivity contribution in [1.82, 2.24) is 15.3 Å². The first kappa shape index (κ1) is 22.9. The number of halogens is 2. The Labute approximate surface area is 188 Å². The normalized spacial score (nSPS) is 21.9. The molecule has 2 aromatic heterocycles. The van der Waals surface area contributed by atoms with E-state index in [1.807, 2.05) is 0 Å². The van der Waals surface area contributed by atoms with Crippen molar-refractivity contribution in [2.24, 2.45) is 5.92 Å². The van der Waals surface area contributed by atoms with Crippen molar-refractivity contribution in [2.75, 3.05) is 30.9 Å². The van der Waals surface area contributed by atoms with Crippen LogP contribution in [-0.2, 0) is 4.74 Å². The predicted molar refractivity (Wildman–Crippen MR) is 123 cm³/mol. The first-order chi connectivity index (χ1) is 15.5. The fourth-order valence-corrected chi connectivity index (χ4v) is 4.35. The van der Waals surface area contributed by atoms with E-state index in [1.165, 1.54) is 25.2 Å². The Hall–Kier alpha value is -2.32. The summed E-state index contributed by atoms with van der Waals surface area (Å²) in [5.41, 5.74) is 1.22. The molecule has 0 aliphatic heterocycles. The number of hydrogen-bond donors (Lipinski definition) is 3. The molecular formula is C24H33F2N5O. The smallest absolute Gasteiger partial charge is 0.236 e. The van der Waals surface area contributed by atoms with Gasteiger partial charge in [-0.1, -0.05) is 0 Å². The highest BCUT2D eigenvalue weighted by Gasteiger charge is 2.23. The average molecular weight is 446 g/mol. The maximum Gasteiger partial charge on any atom is 0.236 e. The van der Waals surface area contributed by atoms with Gasteiger partial charge in [-0.2, -0.15) is 4.39 Å². The van der Waals surface area contributed by atoms with Crippen LogP contribution < -0.4 is 16.0 Å². The lowest BCUT2D eigenvalue weighted by Crippen LogP contribution is -2.42. The van der Waals surface area contributed by atoms with Crippen LogP contribution in [0.4, 0.5) is 20.3 Å². The van der Waals surface area contributed by atoms with E-state index in [4.69, 9.17) is 4.74 Å². The molecule has 4 rings (SSSR count). The second kappa shape index (κ2) is 10.5. The number of methoxy groups -OCH3 is 1. The van der Waals surface area contributed by atoms with Gasteiger partial charge in [0.1, 0.15) is 11.6 Å². The maximum atomic E-state index is 14.6. The first-order valence-electron chi connectivity index (χ1n) is 11.6. The monoisotopic (exact) mass is 445 g/mol. The molecule has 2 heterocycles. The molecule has 0 radical (unpaired) electrons. The van der Waals surface area contributed by atoms with E-state index in [2.05, 4.69) is 32.8 Å². The third-order valence-electron chi connectivity index (χ3n) is 6.30. The molecule has 0 amide bonds. The Balaban J connectivity index is 1.38. The highest BCUT2D eigenvalue weighted by molar-refractivity contribution is 5.69. The summed E-state index contributed by atoms with van der Waals surface area (Å²) < 4.78 is 33.9. The molecule has 3 N–H and O–H groups in total. The Bertz CT molecular complexity index is 900. The molecule has 2 aliphatic rings. The van der Waals surface area contributed by atoms with E-state index in [9.17, 15) is 8.78 Å². The van der Waals surface area contributed by atoms with Gasteiger partial charge in [-0.05, 0) is 63.5 Å². The zero-order valence-electron chi connectivity index (χ0n) is 18.8. The van der Waals surface area contributed by atoms with Gasteiger partial charge in [0, 0.05) is 49.1 Å². The number of nitrogens with one attached hydrogen (secondary N) is 3. The molecular weight excluding hydrogens is 412 g/mol. The number of pyridine rings is 2. The summed E-state index contributed by atoms with van der Waals surface area (Å²) >= 11 is 0. The Morgan fingerprint density at radius 1 is 1.03 bits per heavy atom. The molecule has 0 aromatic carbocycles. The lowest BCUT2D eigenvalue weighted by atomic mass is 9.90. The second-order valence-corrected chi connectivity index (χ2v) is 9.15. The van der Waals surface area contributed by atoms with Crippen LogP contribution in [-0.4, -0.2) is 48.4 Å². The van der Waals surface area contributed by atoms with Crippen LogP contribution in [0.3, 0.4) is 0 Å². The largest absolute Gasteiger partial charge is 0.383 e. The van der Waals surface area contributed by atoms with Crippen molar-refractivity contribution in [1.29, 1.82) is 0 Å². The standard InChI is InChI=1S/C24H33F2N5O/c1-15(14-32-2)30-18-5-7-19(8-6-18)31-23-10-20(21(25)13-28-23)17-9-22(24(26)29-12-17)27-11-16-3-4-16/h9-10,12-13,15-16,18-19,27,30H,3-8,11,14H2,1-2H3,(H,28,31). The Morgan fingerprint density at radius 2 is 1.78 bits per heavy atom. The van der Waals surface area contributed by atoms with Crippen molar-refractivity contribution in [2.45, 2.75) is 63.6 Å². The first-order valence-corrected chi connectivity index (χ1v) is 11.6. The number of rotatable bonds is 10. The van der Waals surface area contributed by atoms with Gasteiger partial charge in [0.05, 0.1) is 18.5 Å². The van der Waals surface area contributed by atoms with E-state index >= 15 is 0 Å². The summed E-state index contributed by atoms with van der Waals surface area (Å²) in [7, 11) is 1.72. The lowest BCUT2D eigenvalue weighted by Gasteiger charge is -2.31. The van der Waals surface area contributed by atoms with Crippen molar-refractivity contribution in [3.63, 3.8) is 0 Å². The third kappa shape index (κ3) is 6.13. The summed E-state index contributed by atoms with van der Waals surface area (Å²) in [6, 6.07) is 4.44. The van der Waals surface area contributed by atoms with Crippen LogP contribution in [0, 0.1) is 17.7 Å². The minimum atomic E-state index is -0.563. The number of nitrogens with zero attached hydrogens (tertiary/aromatic N) is 2. The zero-order valence-corrected chi connectivity index (χ0v) is 18.8. The van der Waals surface area contributed by atoms with E-state index in [-0.39, 0.29) is 0 Å². The average Bonchev–Trinajstić information content (AvgIpc) is 3.61. The summed E-state index contributed by atoms with van der Waals surface area (Å²) in [5, 5.41) is 10.2. The van der Waals surface area contributed by atoms with Crippen LogP contribution in [0.15, 0.2) is 24.5 Å². The van der Waals surface area contributed by atoms with Crippen LogP contribution in [0.2, 0.25) is 0 Å². The van der Waals surface area contributed by atoms with E-state index in [0.29, 0.717) is 53.3 Å². The molecule has 2 fully saturated rings. The molecule has 174 valence electrons. The maximum absolute atomic E-state index is 14.6. The lowest BCUT2D eigenvalue weighted by molar-refractivity contribution is 0.161. The minimum absolute atomic E-state index is 0.290. The quantitative estimate of drug-likeness (QED) is 0.465. The van der Waals surface area contributed by atoms with Crippen molar-refractivity contribution in [3.8, 4) is 11.1 Å². The van der Waals surface area contributed by atoms with E-state index < -0.39 is 11.8 Å². The molecule has 2 saturated carbocycles. The van der Waals surface area contributed by atoms with Gasteiger partial charge in [-0.25, -0.2) is 14.4 Å². The van der Waals surface area contributed by atoms with Crippen molar-refractivity contribution >= 4 is 11.5 Å². The number of anilines is 2. The Kier molecular flexibility index (Phi) is 7.52. The molecule has 6 nitrogen and oxygen atoms in total. The summed E-state index contributed by atoms with van der Waals surface area (Å²) in [5.74, 6) is 0.215. The SMILES string of the molecule is COCC(C)NC1CCC(Nc2cc(-c3cnc(F)c(NCC4CC4)c3)c(F)cn2)CC1. The zero-order chi connectivity index (χ0) is 22.5. The minimum Gasteiger partial charge on any atom is -0.383 e. The van der Waals surface area contributed by atoms with Gasteiger partial charge in [0.2, 0.25) is 5.95 Å². The van der Waals surface area contributed by atoms with Gasteiger partial charge in [-0.15, -0.1) is 0 Å². The summed E-state index contributed by atoms with van der Waals surface area (Å²) in [4.78, 5) is 8.06. The highest BCUT2D eigenvalue weighted by atomic mass is 19.1. The number of hydrogen-bond acceptors (Lipinski definition) is 6. The van der Waals surface area contributed by atoms with Crippen molar-refractivity contribution in [3.05, 3.63) is 36.3 Å². The summed E-state index contributed by atoms with van der Waals surface area (Å²) in [6.07, 6.45) is 9.09. The fraction of sp³-hybridized carbons (Fsp3) is 0.583. The predicted octanol–water partition coefficient (Wildman–Crippen LogP) is 4.59. The molecule has 0 saturated heterocycles. The molecule has 1 unspecified atom stereocenters. The highest BCUT2D eigenvalue weighted by Crippen LogP contribution is 2.31. The van der Waals surface area contributed by atoms with Gasteiger partial charge in [0.25, 0.3) is 0 Å². The van der Waals surface area contributed by atoms with Gasteiger partial charge < -0.3 is 20.7 Å². The third-order valence-corrected chi connectivity index (χ3v) is 6.30. The number of aromatic nitrogens is 2. The van der Waals surface area contributed by atoms with Crippen LogP contribution >= 0.6 is 0 Å². The van der Waals surface area contributed by atoms with Crippen molar-refractivity contribution < 1.29 is 13.5 Å². The second-order valence-electron chi connectivity index (χ2n) is 9.15. The molecule has 1 atom stereocenters. The molecule has 32 heavy (non-hydrogen) atoms. The topological polar surface area (TPSA) is 71.1 Å². The molecule has 2 aliphatic carbocycles. The van der Waals surface area contributed by atoms with E-state index in [0.717, 1.165) is 32.2 Å². The fourth-order valence-electron chi connectivity index (χ4n) is 4.35. The van der Waals surface area contributed by atoms with Gasteiger partial charge in [0.15, 0.2) is 0 Å². The van der Waals surface area contributed by atoms with Gasteiger partial charge >= 0.3 is 0 Å². The summed E-state index contributed by atoms with van der Waals surface area (Å²) in [6.45, 7) is 3.56. The van der Waals surface area contributed by atoms with E-state index in [1.54, 1.807) is 19.2 Å². The van der Waals surface area contributed by atoms with Gasteiger partial charge in [-0.3, -0.25) is 0 Å². The number of ether oxygens (including phenoxy) is 1. The van der Waals surface area contributed by atoms with Crippen LogP contribution in [0.25, 0.3) is 11.1 Å². The molecule has 8 heteroatoms. The molecule has 2 aromatic rings. The molecule has 0 bridgehead atoms. The van der Waals surface area contributed by atoms with Crippen LogP contribution in [0.1, 0.15) is 45.4 Å². The van der Waals surface area contributed by atoms with Crippen LogP contribution in [0.5, 0.6) is 0 Å². The Morgan fingerprint density at radius 3 is 2.50 bits per heavy atom. The molecule has 0 spiro atoms.